The van der Waals surface area contributed by atoms with Gasteiger partial charge in [0.05, 0.1) is 27.7 Å². The topological polar surface area (TPSA) is 211 Å². The number of aryl methyl sites for hydroxylation is 1. The minimum atomic E-state index is -1.59. The van der Waals surface area contributed by atoms with Gasteiger partial charge in [-0.3, -0.25) is 24.0 Å². The Labute approximate surface area is 336 Å². The maximum atomic E-state index is 15.4. The normalized spacial score (nSPS) is 17.7. The quantitative estimate of drug-likeness (QED) is 0.0940. The highest BCUT2D eigenvalue weighted by Crippen LogP contribution is 2.32. The molecule has 0 radical (unpaired) electrons. The lowest BCUT2D eigenvalue weighted by molar-refractivity contribution is -0.135. The standard InChI is InChI=1S/C39H47FN12O5S/c1-23(2)57-35-34(26(20-41)21-42)43-22-51-36(35)46-38(47-51)44-29-8-7-27(19-28(29)40)58(56)48(3)14-5-15-50-16-12-24(13-17-50)25-6-9-30-32(18-25)49(4)39(55)52(30)31-10-11-33(53)45-37(31)54/h6-9,18-24,31,41H,5,10-17,42H2,1-4H3,(H,44,47)(H,45,53,54)/b26-21+,41-20?. The van der Waals surface area contributed by atoms with Gasteiger partial charge < -0.3 is 26.1 Å². The van der Waals surface area contributed by atoms with E-state index < -0.39 is 28.8 Å². The molecule has 2 unspecified atom stereocenters. The van der Waals surface area contributed by atoms with E-state index in [2.05, 4.69) is 36.7 Å². The van der Waals surface area contributed by atoms with Crippen LogP contribution in [0.4, 0.5) is 16.0 Å². The van der Waals surface area contributed by atoms with Gasteiger partial charge in [-0.25, -0.2) is 22.7 Å². The van der Waals surface area contributed by atoms with Crippen LogP contribution < -0.4 is 26.8 Å². The molecule has 0 aliphatic carbocycles. The van der Waals surface area contributed by atoms with Gasteiger partial charge >= 0.3 is 5.69 Å². The Morgan fingerprint density at radius 1 is 1.16 bits per heavy atom. The number of piperidine rings is 2. The van der Waals surface area contributed by atoms with E-state index in [9.17, 15) is 18.6 Å². The number of benzene rings is 2. The van der Waals surface area contributed by atoms with Gasteiger partial charge in [0.2, 0.25) is 23.4 Å². The summed E-state index contributed by atoms with van der Waals surface area (Å²) in [4.78, 5) is 49.0. The van der Waals surface area contributed by atoms with E-state index in [1.54, 1.807) is 29.0 Å². The Morgan fingerprint density at radius 2 is 1.93 bits per heavy atom. The predicted octanol–water partition coefficient (Wildman–Crippen LogP) is 3.60. The number of hydrogen-bond acceptors (Lipinski definition) is 12. The number of imidazole rings is 1. The number of likely N-dealkylation sites (tertiary alicyclic amines) is 1. The number of halogens is 1. The summed E-state index contributed by atoms with van der Waals surface area (Å²) in [6.45, 7) is 6.84. The van der Waals surface area contributed by atoms with Crippen molar-refractivity contribution in [3.8, 4) is 5.75 Å². The average molecular weight is 815 g/mol. The molecule has 3 aromatic heterocycles. The molecule has 2 aromatic carbocycles. The molecule has 306 valence electrons. The number of allylic oxidation sites excluding steroid dienone is 1. The first kappa shape index (κ1) is 40.4. The number of rotatable bonds is 14. The molecule has 2 aliphatic rings. The van der Waals surface area contributed by atoms with Gasteiger partial charge in [-0.1, -0.05) is 6.07 Å². The Kier molecular flexibility index (Phi) is 11.8. The van der Waals surface area contributed by atoms with Crippen LogP contribution in [0.15, 0.2) is 58.6 Å². The Bertz CT molecular complexity index is 2500. The molecule has 5 heterocycles. The monoisotopic (exact) mass is 814 g/mol. The van der Waals surface area contributed by atoms with Gasteiger partial charge in [-0.05, 0) is 101 Å². The highest BCUT2D eigenvalue weighted by molar-refractivity contribution is 7.82. The first-order valence-corrected chi connectivity index (χ1v) is 20.3. The molecule has 19 heteroatoms. The van der Waals surface area contributed by atoms with Crippen LogP contribution in [0.2, 0.25) is 0 Å². The SMILES string of the molecule is CC(C)Oc1c(/C(C=N)=C/N)ncn2nc(Nc3ccc(S(=O)N(C)CCCN4CCC(c5ccc6c(c5)n(C)c(=O)n6C5CCC(=O)NC5=O)CC4)cc3F)nc12. The molecule has 7 rings (SSSR count). The number of nitrogens with two attached hydrogens (primary N) is 1. The van der Waals surface area contributed by atoms with Gasteiger partial charge in [0.1, 0.15) is 34.9 Å². The zero-order chi connectivity index (χ0) is 41.2. The molecule has 2 saturated heterocycles. The van der Waals surface area contributed by atoms with Crippen LogP contribution in [0.5, 0.6) is 5.75 Å². The van der Waals surface area contributed by atoms with Crippen molar-refractivity contribution in [2.45, 2.75) is 68.9 Å². The fourth-order valence-electron chi connectivity index (χ4n) is 7.59. The number of imide groups is 1. The van der Waals surface area contributed by atoms with Crippen molar-refractivity contribution in [3.63, 3.8) is 0 Å². The summed E-state index contributed by atoms with van der Waals surface area (Å²) < 4.78 is 40.9. The summed E-state index contributed by atoms with van der Waals surface area (Å²) in [6, 6.07) is 9.63. The lowest BCUT2D eigenvalue weighted by atomic mass is 9.89. The molecular weight excluding hydrogens is 768 g/mol. The van der Waals surface area contributed by atoms with Gasteiger partial charge in [-0.2, -0.15) is 9.50 Å². The number of ether oxygens (including phenoxy) is 1. The number of carbonyl (C=O) groups excluding carboxylic acids is 2. The van der Waals surface area contributed by atoms with E-state index >= 15 is 4.39 Å². The molecule has 0 saturated carbocycles. The molecule has 5 aromatic rings. The second-order valence-electron chi connectivity index (χ2n) is 14.8. The number of nitrogens with one attached hydrogen (secondary N) is 3. The summed E-state index contributed by atoms with van der Waals surface area (Å²) in [6.07, 6.45) is 6.64. The predicted molar refractivity (Wildman–Crippen MR) is 218 cm³/mol. The van der Waals surface area contributed by atoms with Gasteiger partial charge in [0, 0.05) is 45.0 Å². The largest absolute Gasteiger partial charge is 0.485 e. The summed E-state index contributed by atoms with van der Waals surface area (Å²) in [5.41, 5.74) is 9.07. The molecule has 58 heavy (non-hydrogen) atoms. The zero-order valence-electron chi connectivity index (χ0n) is 32.8. The minimum Gasteiger partial charge on any atom is -0.485 e. The van der Waals surface area contributed by atoms with Crippen molar-refractivity contribution >= 4 is 62.9 Å². The molecule has 2 aliphatic heterocycles. The number of amides is 2. The fraction of sp³-hybridized carbons (Fsp3) is 0.410. The van der Waals surface area contributed by atoms with Crippen LogP contribution in [-0.4, -0.2) is 99.5 Å². The third-order valence-electron chi connectivity index (χ3n) is 10.6. The summed E-state index contributed by atoms with van der Waals surface area (Å²) in [5, 5.41) is 17.3. The molecule has 2 amide bonds. The van der Waals surface area contributed by atoms with Gasteiger partial charge in [0.15, 0.2) is 5.75 Å². The van der Waals surface area contributed by atoms with Crippen LogP contribution in [-0.2, 0) is 27.6 Å². The van der Waals surface area contributed by atoms with E-state index in [4.69, 9.17) is 15.9 Å². The van der Waals surface area contributed by atoms with E-state index in [-0.39, 0.29) is 41.5 Å². The number of nitrogens with zero attached hydrogens (tertiary/aromatic N) is 8. The average Bonchev–Trinajstić information content (AvgIpc) is 3.73. The van der Waals surface area contributed by atoms with Crippen molar-refractivity contribution in [2.75, 3.05) is 38.5 Å². The van der Waals surface area contributed by atoms with E-state index in [0.29, 0.717) is 46.2 Å². The van der Waals surface area contributed by atoms with E-state index in [0.717, 1.165) is 56.2 Å². The Morgan fingerprint density at radius 3 is 2.62 bits per heavy atom. The number of aromatic nitrogens is 6. The highest BCUT2D eigenvalue weighted by atomic mass is 32.2. The van der Waals surface area contributed by atoms with Crippen LogP contribution in [0.3, 0.4) is 0 Å². The number of carbonyl (C=O) groups is 2. The van der Waals surface area contributed by atoms with Crippen molar-refractivity contribution in [3.05, 3.63) is 76.5 Å². The maximum absolute atomic E-state index is 15.4. The third kappa shape index (κ3) is 8.14. The highest BCUT2D eigenvalue weighted by Gasteiger charge is 2.32. The van der Waals surface area contributed by atoms with Crippen molar-refractivity contribution in [2.24, 2.45) is 12.8 Å². The zero-order valence-corrected chi connectivity index (χ0v) is 33.6. The van der Waals surface area contributed by atoms with Crippen LogP contribution in [0, 0.1) is 11.2 Å². The molecule has 2 fully saturated rings. The molecule has 5 N–H and O–H groups in total. The molecule has 17 nitrogen and oxygen atoms in total. The fourth-order valence-corrected chi connectivity index (χ4v) is 8.64. The smallest absolute Gasteiger partial charge is 0.329 e. The van der Waals surface area contributed by atoms with Gasteiger partial charge in [-0.15, -0.1) is 5.10 Å². The minimum absolute atomic E-state index is 0.0874. The summed E-state index contributed by atoms with van der Waals surface area (Å²) in [5.74, 6) is -0.699. The first-order chi connectivity index (χ1) is 27.9. The van der Waals surface area contributed by atoms with Crippen LogP contribution in [0.25, 0.3) is 22.3 Å². The van der Waals surface area contributed by atoms with Crippen molar-refractivity contribution in [1.82, 2.24) is 43.2 Å². The van der Waals surface area contributed by atoms with Gasteiger partial charge in [0.25, 0.3) is 0 Å². The molecular formula is C39H47FN12O5S. The summed E-state index contributed by atoms with van der Waals surface area (Å²) in [7, 11) is 1.88. The molecule has 2 atom stereocenters. The van der Waals surface area contributed by atoms with E-state index in [1.807, 2.05) is 26.0 Å². The summed E-state index contributed by atoms with van der Waals surface area (Å²) >= 11 is 0. The van der Waals surface area contributed by atoms with Crippen molar-refractivity contribution < 1.29 is 22.9 Å². The van der Waals surface area contributed by atoms with E-state index in [1.165, 1.54) is 33.7 Å². The molecule has 0 bridgehead atoms. The Hall–Kier alpha value is -5.79. The second kappa shape index (κ2) is 17.0. The van der Waals surface area contributed by atoms with Crippen LogP contribution in [0.1, 0.15) is 69.2 Å². The maximum Gasteiger partial charge on any atom is 0.329 e. The third-order valence-corrected chi connectivity index (χ3v) is 12.0. The molecule has 0 spiro atoms. The lowest BCUT2D eigenvalue weighted by Gasteiger charge is -2.32. The number of fused-ring (bicyclic) bond motifs is 2. The van der Waals surface area contributed by atoms with Crippen molar-refractivity contribution in [1.29, 1.82) is 5.41 Å². The van der Waals surface area contributed by atoms with Crippen LogP contribution >= 0.6 is 0 Å². The lowest BCUT2D eigenvalue weighted by Crippen LogP contribution is -2.44. The number of anilines is 2. The first-order valence-electron chi connectivity index (χ1n) is 19.2. The number of hydrogen-bond donors (Lipinski definition) is 4. The Balaban J connectivity index is 0.920. The second-order valence-corrected chi connectivity index (χ2v) is 16.4.